The standard InChI is InChI=1S/C5H12O4.C4H10O3/c6-1-5(2-7,3-8)4-9;1-3(5)4(2,6)7/h6-9H,1-4H2;3,5-7H,1-2H3. The Morgan fingerprint density at radius 2 is 1.06 bits per heavy atom. The SMILES string of the molecule is CC(O)C(C)(O)O.OCC(CO)(CO)CO. The first-order valence-electron chi connectivity index (χ1n) is 4.75. The van der Waals surface area contributed by atoms with Gasteiger partial charge < -0.3 is 35.7 Å². The first-order chi connectivity index (χ1) is 7.19. The molecule has 16 heavy (non-hydrogen) atoms. The van der Waals surface area contributed by atoms with Crippen molar-refractivity contribution in [3.8, 4) is 0 Å². The summed E-state index contributed by atoms with van der Waals surface area (Å²) < 4.78 is 0. The van der Waals surface area contributed by atoms with Crippen molar-refractivity contribution in [2.45, 2.75) is 25.7 Å². The minimum absolute atomic E-state index is 0.406. The Bertz CT molecular complexity index is 142. The molecule has 0 aromatic heterocycles. The fraction of sp³-hybridized carbons (Fsp3) is 1.00. The van der Waals surface area contributed by atoms with Crippen molar-refractivity contribution in [3.05, 3.63) is 0 Å². The number of hydrogen-bond acceptors (Lipinski definition) is 7. The average molecular weight is 242 g/mol. The molecule has 100 valence electrons. The van der Waals surface area contributed by atoms with E-state index in [2.05, 4.69) is 0 Å². The van der Waals surface area contributed by atoms with Gasteiger partial charge in [0.1, 0.15) is 6.10 Å². The van der Waals surface area contributed by atoms with Crippen LogP contribution in [0.5, 0.6) is 0 Å². The summed E-state index contributed by atoms with van der Waals surface area (Å²) in [5, 5.41) is 59.2. The van der Waals surface area contributed by atoms with Gasteiger partial charge >= 0.3 is 0 Å². The van der Waals surface area contributed by atoms with Gasteiger partial charge in [0, 0.05) is 0 Å². The van der Waals surface area contributed by atoms with Crippen molar-refractivity contribution in [1.82, 2.24) is 0 Å². The van der Waals surface area contributed by atoms with Gasteiger partial charge in [-0.05, 0) is 13.8 Å². The summed E-state index contributed by atoms with van der Waals surface area (Å²) in [6.07, 6.45) is -1.09. The van der Waals surface area contributed by atoms with Crippen molar-refractivity contribution in [3.63, 3.8) is 0 Å². The predicted molar refractivity (Wildman–Crippen MR) is 55.3 cm³/mol. The van der Waals surface area contributed by atoms with Crippen molar-refractivity contribution in [1.29, 1.82) is 0 Å². The second-order valence-electron chi connectivity index (χ2n) is 3.90. The molecule has 0 saturated carbocycles. The van der Waals surface area contributed by atoms with E-state index < -0.39 is 43.7 Å². The molecule has 0 rings (SSSR count). The molecular formula is C9H22O7. The van der Waals surface area contributed by atoms with Crippen molar-refractivity contribution >= 4 is 0 Å². The molecule has 0 aliphatic heterocycles. The second-order valence-corrected chi connectivity index (χ2v) is 3.90. The molecule has 0 heterocycles. The average Bonchev–Trinajstić information content (AvgIpc) is 2.21. The molecule has 7 nitrogen and oxygen atoms in total. The molecule has 0 aromatic carbocycles. The fourth-order valence-corrected chi connectivity index (χ4v) is 0.300. The zero-order chi connectivity index (χ0) is 13.4. The Labute approximate surface area is 94.2 Å². The van der Waals surface area contributed by atoms with E-state index in [4.69, 9.17) is 35.7 Å². The summed E-state index contributed by atoms with van der Waals surface area (Å²) in [7, 11) is 0. The minimum Gasteiger partial charge on any atom is -0.396 e. The maximum atomic E-state index is 8.50. The van der Waals surface area contributed by atoms with Crippen LogP contribution >= 0.6 is 0 Å². The first-order valence-corrected chi connectivity index (χ1v) is 4.75. The van der Waals surface area contributed by atoms with E-state index in [-0.39, 0.29) is 0 Å². The van der Waals surface area contributed by atoms with Gasteiger partial charge in [-0.1, -0.05) is 0 Å². The Balaban J connectivity index is 0. The van der Waals surface area contributed by atoms with Crippen molar-refractivity contribution < 1.29 is 35.7 Å². The molecule has 0 amide bonds. The van der Waals surface area contributed by atoms with Crippen LogP contribution in [-0.4, -0.2) is 74.1 Å². The lowest BCUT2D eigenvalue weighted by atomic mass is 9.93. The van der Waals surface area contributed by atoms with E-state index in [0.29, 0.717) is 0 Å². The number of rotatable bonds is 5. The van der Waals surface area contributed by atoms with Gasteiger partial charge in [-0.15, -0.1) is 0 Å². The molecule has 0 fully saturated rings. The topological polar surface area (TPSA) is 142 Å². The molecule has 0 aliphatic carbocycles. The molecule has 0 saturated heterocycles. The lowest BCUT2D eigenvalue weighted by Gasteiger charge is -2.23. The molecular weight excluding hydrogens is 220 g/mol. The molecule has 0 aliphatic rings. The maximum Gasteiger partial charge on any atom is 0.186 e. The van der Waals surface area contributed by atoms with E-state index in [1.54, 1.807) is 0 Å². The third-order valence-electron chi connectivity index (χ3n) is 2.13. The minimum atomic E-state index is -1.94. The molecule has 7 N–H and O–H groups in total. The summed E-state index contributed by atoms with van der Waals surface area (Å²) in [5.74, 6) is -1.94. The van der Waals surface area contributed by atoms with Crippen LogP contribution in [0.1, 0.15) is 13.8 Å². The summed E-state index contributed by atoms with van der Waals surface area (Å²) >= 11 is 0. The van der Waals surface area contributed by atoms with E-state index in [9.17, 15) is 0 Å². The number of aliphatic hydroxyl groups is 7. The van der Waals surface area contributed by atoms with Gasteiger partial charge in [-0.3, -0.25) is 0 Å². The largest absolute Gasteiger partial charge is 0.396 e. The van der Waals surface area contributed by atoms with E-state index in [1.807, 2.05) is 0 Å². The van der Waals surface area contributed by atoms with Crippen LogP contribution in [0, 0.1) is 5.41 Å². The predicted octanol–water partition coefficient (Wildman–Crippen LogP) is -2.99. The highest BCUT2D eigenvalue weighted by Gasteiger charge is 2.26. The van der Waals surface area contributed by atoms with Crippen LogP contribution in [0.25, 0.3) is 0 Å². The summed E-state index contributed by atoms with van der Waals surface area (Å²) in [4.78, 5) is 0. The van der Waals surface area contributed by atoms with E-state index in [0.717, 1.165) is 6.92 Å². The maximum absolute atomic E-state index is 8.50. The van der Waals surface area contributed by atoms with Gasteiger partial charge in [0.2, 0.25) is 0 Å². The van der Waals surface area contributed by atoms with Gasteiger partial charge in [0.15, 0.2) is 5.79 Å². The summed E-state index contributed by atoms with van der Waals surface area (Å²) in [6, 6.07) is 0. The molecule has 0 spiro atoms. The van der Waals surface area contributed by atoms with Crippen LogP contribution in [-0.2, 0) is 0 Å². The molecule has 0 radical (unpaired) electrons. The van der Waals surface area contributed by atoms with Crippen molar-refractivity contribution in [2.24, 2.45) is 5.41 Å². The third kappa shape index (κ3) is 7.07. The van der Waals surface area contributed by atoms with Crippen molar-refractivity contribution in [2.75, 3.05) is 26.4 Å². The van der Waals surface area contributed by atoms with Crippen LogP contribution < -0.4 is 0 Å². The highest BCUT2D eigenvalue weighted by atomic mass is 16.5. The Morgan fingerprint density at radius 1 is 0.875 bits per heavy atom. The number of hydrogen-bond donors (Lipinski definition) is 7. The van der Waals surface area contributed by atoms with Crippen LogP contribution in [0.3, 0.4) is 0 Å². The molecule has 1 atom stereocenters. The monoisotopic (exact) mass is 242 g/mol. The Kier molecular flexibility index (Phi) is 8.94. The summed E-state index contributed by atoms with van der Waals surface area (Å²) in [6.45, 7) is 0.803. The normalized spacial score (nSPS) is 14.1. The lowest BCUT2D eigenvalue weighted by molar-refractivity contribution is -0.205. The van der Waals surface area contributed by atoms with Gasteiger partial charge in [-0.25, -0.2) is 0 Å². The Hall–Kier alpha value is -0.280. The molecule has 0 aromatic rings. The molecule has 1 unspecified atom stereocenters. The highest BCUT2D eigenvalue weighted by Crippen LogP contribution is 2.11. The third-order valence-corrected chi connectivity index (χ3v) is 2.13. The quantitative estimate of drug-likeness (QED) is 0.255. The smallest absolute Gasteiger partial charge is 0.186 e. The van der Waals surface area contributed by atoms with Crippen LogP contribution in [0.4, 0.5) is 0 Å². The zero-order valence-corrected chi connectivity index (χ0v) is 9.54. The summed E-state index contributed by atoms with van der Waals surface area (Å²) in [5.41, 5.74) is -1.11. The van der Waals surface area contributed by atoms with Crippen LogP contribution in [0.15, 0.2) is 0 Å². The first kappa shape index (κ1) is 18.1. The van der Waals surface area contributed by atoms with Gasteiger partial charge in [0.25, 0.3) is 0 Å². The lowest BCUT2D eigenvalue weighted by Crippen LogP contribution is -2.37. The van der Waals surface area contributed by atoms with Gasteiger partial charge in [-0.2, -0.15) is 0 Å². The number of aliphatic hydroxyl groups excluding tert-OH is 5. The van der Waals surface area contributed by atoms with E-state index in [1.165, 1.54) is 6.92 Å². The fourth-order valence-electron chi connectivity index (χ4n) is 0.300. The Morgan fingerprint density at radius 3 is 1.06 bits per heavy atom. The molecule has 0 bridgehead atoms. The molecule has 7 heteroatoms. The van der Waals surface area contributed by atoms with Crippen LogP contribution in [0.2, 0.25) is 0 Å². The van der Waals surface area contributed by atoms with E-state index >= 15 is 0 Å². The van der Waals surface area contributed by atoms with Gasteiger partial charge in [0.05, 0.1) is 31.8 Å². The highest BCUT2D eigenvalue weighted by molar-refractivity contribution is 4.74. The second kappa shape index (κ2) is 7.91. The zero-order valence-electron chi connectivity index (χ0n) is 9.54.